The molecule has 0 radical (unpaired) electrons. The van der Waals surface area contributed by atoms with Crippen LogP contribution in [0.3, 0.4) is 0 Å². The van der Waals surface area contributed by atoms with E-state index in [-0.39, 0.29) is 24.1 Å². The number of amides is 1. The van der Waals surface area contributed by atoms with Crippen LogP contribution >= 0.6 is 0 Å². The van der Waals surface area contributed by atoms with Crippen LogP contribution in [-0.4, -0.2) is 47.9 Å². The van der Waals surface area contributed by atoms with Gasteiger partial charge in [0.1, 0.15) is 23.7 Å². The Bertz CT molecular complexity index is 519. The Labute approximate surface area is 131 Å². The van der Waals surface area contributed by atoms with E-state index in [1.54, 1.807) is 23.1 Å². The molecule has 1 aromatic rings. The molecule has 1 saturated heterocycles. The van der Waals surface area contributed by atoms with Gasteiger partial charge in [-0.25, -0.2) is 4.79 Å². The maximum absolute atomic E-state index is 12.0. The SMILES string of the molecule is CC(C)(C)Oc1cc(O)cc(COC(=O)N2CCNCC2)c1. The van der Waals surface area contributed by atoms with Crippen molar-refractivity contribution in [2.75, 3.05) is 26.2 Å². The Hall–Kier alpha value is -1.95. The van der Waals surface area contributed by atoms with Gasteiger partial charge in [0.15, 0.2) is 0 Å². The average Bonchev–Trinajstić information content (AvgIpc) is 2.43. The fraction of sp³-hybridized carbons (Fsp3) is 0.562. The summed E-state index contributed by atoms with van der Waals surface area (Å²) in [4.78, 5) is 13.6. The predicted octanol–water partition coefficient (Wildman–Crippen LogP) is 2.11. The smallest absolute Gasteiger partial charge is 0.410 e. The van der Waals surface area contributed by atoms with Crippen LogP contribution in [0.5, 0.6) is 11.5 Å². The summed E-state index contributed by atoms with van der Waals surface area (Å²) in [7, 11) is 0. The molecule has 0 saturated carbocycles. The lowest BCUT2D eigenvalue weighted by Crippen LogP contribution is -2.46. The van der Waals surface area contributed by atoms with E-state index in [9.17, 15) is 9.90 Å². The third-order valence-electron chi connectivity index (χ3n) is 3.11. The fourth-order valence-electron chi connectivity index (χ4n) is 2.22. The highest BCUT2D eigenvalue weighted by molar-refractivity contribution is 5.67. The van der Waals surface area contributed by atoms with E-state index < -0.39 is 0 Å². The fourth-order valence-corrected chi connectivity index (χ4v) is 2.22. The molecule has 6 heteroatoms. The average molecular weight is 308 g/mol. The van der Waals surface area contributed by atoms with Crippen LogP contribution in [0.15, 0.2) is 18.2 Å². The number of carbonyl (C=O) groups excluding carboxylic acids is 1. The molecule has 0 bridgehead atoms. The number of nitrogens with one attached hydrogen (secondary N) is 1. The van der Waals surface area contributed by atoms with Gasteiger partial charge in [-0.1, -0.05) is 0 Å². The van der Waals surface area contributed by atoms with Crippen molar-refractivity contribution in [2.24, 2.45) is 0 Å². The van der Waals surface area contributed by atoms with Gasteiger partial charge in [0.2, 0.25) is 0 Å². The summed E-state index contributed by atoms with van der Waals surface area (Å²) in [6.45, 7) is 8.77. The maximum atomic E-state index is 12.0. The van der Waals surface area contributed by atoms with Crippen molar-refractivity contribution in [3.63, 3.8) is 0 Å². The third-order valence-corrected chi connectivity index (χ3v) is 3.11. The molecule has 122 valence electrons. The zero-order valence-corrected chi connectivity index (χ0v) is 13.4. The lowest BCUT2D eigenvalue weighted by Gasteiger charge is -2.26. The van der Waals surface area contributed by atoms with Gasteiger partial charge in [-0.2, -0.15) is 0 Å². The van der Waals surface area contributed by atoms with Crippen LogP contribution in [0.2, 0.25) is 0 Å². The van der Waals surface area contributed by atoms with Gasteiger partial charge in [-0.05, 0) is 38.5 Å². The summed E-state index contributed by atoms with van der Waals surface area (Å²) in [6, 6.07) is 4.89. The van der Waals surface area contributed by atoms with Gasteiger partial charge in [-0.15, -0.1) is 0 Å². The Kier molecular flexibility index (Phi) is 5.13. The van der Waals surface area contributed by atoms with Crippen molar-refractivity contribution in [2.45, 2.75) is 33.0 Å². The quantitative estimate of drug-likeness (QED) is 0.895. The van der Waals surface area contributed by atoms with Gasteiger partial charge >= 0.3 is 6.09 Å². The first kappa shape index (κ1) is 16.4. The van der Waals surface area contributed by atoms with E-state index >= 15 is 0 Å². The first-order chi connectivity index (χ1) is 10.3. The molecule has 2 N–H and O–H groups in total. The first-order valence-electron chi connectivity index (χ1n) is 7.48. The molecule has 6 nitrogen and oxygen atoms in total. The zero-order valence-electron chi connectivity index (χ0n) is 13.4. The van der Waals surface area contributed by atoms with Crippen LogP contribution in [0, 0.1) is 0 Å². The number of piperazine rings is 1. The highest BCUT2D eigenvalue weighted by Crippen LogP contribution is 2.25. The number of rotatable bonds is 3. The van der Waals surface area contributed by atoms with E-state index in [1.165, 1.54) is 0 Å². The third kappa shape index (κ3) is 5.11. The standard InChI is InChI=1S/C16H24N2O4/c1-16(2,3)22-14-9-12(8-13(19)10-14)11-21-15(20)18-6-4-17-5-7-18/h8-10,17,19H,4-7,11H2,1-3H3. The Morgan fingerprint density at radius 1 is 1.27 bits per heavy atom. The lowest BCUT2D eigenvalue weighted by atomic mass is 10.1. The normalized spacial score (nSPS) is 15.5. The molecule has 1 heterocycles. The lowest BCUT2D eigenvalue weighted by molar-refractivity contribution is 0.0912. The van der Waals surface area contributed by atoms with Gasteiger partial charge < -0.3 is 24.8 Å². The van der Waals surface area contributed by atoms with Crippen LogP contribution < -0.4 is 10.1 Å². The molecule has 1 fully saturated rings. The molecule has 0 unspecified atom stereocenters. The molecule has 1 amide bonds. The highest BCUT2D eigenvalue weighted by Gasteiger charge is 2.18. The van der Waals surface area contributed by atoms with Crippen molar-refractivity contribution in [3.05, 3.63) is 23.8 Å². The topological polar surface area (TPSA) is 71.0 Å². The number of phenols is 1. The largest absolute Gasteiger partial charge is 0.508 e. The minimum absolute atomic E-state index is 0.0926. The zero-order chi connectivity index (χ0) is 16.2. The molecule has 0 spiro atoms. The second kappa shape index (κ2) is 6.87. The van der Waals surface area contributed by atoms with Crippen LogP contribution in [0.25, 0.3) is 0 Å². The van der Waals surface area contributed by atoms with Gasteiger partial charge in [0, 0.05) is 32.2 Å². The summed E-state index contributed by atoms with van der Waals surface area (Å²) in [5.74, 6) is 0.649. The van der Waals surface area contributed by atoms with Crippen LogP contribution in [0.1, 0.15) is 26.3 Å². The molecule has 2 rings (SSSR count). The molecule has 22 heavy (non-hydrogen) atoms. The van der Waals surface area contributed by atoms with Crippen molar-refractivity contribution in [1.29, 1.82) is 0 Å². The number of phenolic OH excluding ortho intramolecular Hbond substituents is 1. The van der Waals surface area contributed by atoms with E-state index in [0.29, 0.717) is 24.4 Å². The molecule has 0 aliphatic carbocycles. The predicted molar refractivity (Wildman–Crippen MR) is 83.1 cm³/mol. The molecule has 1 aliphatic heterocycles. The number of benzene rings is 1. The summed E-state index contributed by atoms with van der Waals surface area (Å²) in [5.41, 5.74) is 0.338. The number of aromatic hydroxyl groups is 1. The minimum Gasteiger partial charge on any atom is -0.508 e. The highest BCUT2D eigenvalue weighted by atomic mass is 16.6. The molecular weight excluding hydrogens is 284 g/mol. The molecule has 0 atom stereocenters. The van der Waals surface area contributed by atoms with Gasteiger partial charge in [0.25, 0.3) is 0 Å². The second-order valence-corrected chi connectivity index (χ2v) is 6.34. The number of ether oxygens (including phenoxy) is 2. The molecule has 0 aromatic heterocycles. The summed E-state index contributed by atoms with van der Waals surface area (Å²) < 4.78 is 11.0. The van der Waals surface area contributed by atoms with E-state index in [4.69, 9.17) is 9.47 Å². The van der Waals surface area contributed by atoms with Crippen molar-refractivity contribution >= 4 is 6.09 Å². The molecule has 1 aliphatic rings. The summed E-state index contributed by atoms with van der Waals surface area (Å²) in [5, 5.41) is 12.9. The number of hydrogen-bond acceptors (Lipinski definition) is 5. The Morgan fingerprint density at radius 2 is 1.95 bits per heavy atom. The monoisotopic (exact) mass is 308 g/mol. The minimum atomic E-state index is -0.359. The van der Waals surface area contributed by atoms with Crippen molar-refractivity contribution in [1.82, 2.24) is 10.2 Å². The Balaban J connectivity index is 1.95. The number of hydrogen-bond donors (Lipinski definition) is 2. The van der Waals surface area contributed by atoms with Crippen molar-refractivity contribution < 1.29 is 19.4 Å². The molecule has 1 aromatic carbocycles. The first-order valence-corrected chi connectivity index (χ1v) is 7.48. The van der Waals surface area contributed by atoms with Crippen molar-refractivity contribution in [3.8, 4) is 11.5 Å². The van der Waals surface area contributed by atoms with Crippen LogP contribution in [-0.2, 0) is 11.3 Å². The van der Waals surface area contributed by atoms with E-state index in [1.807, 2.05) is 20.8 Å². The maximum Gasteiger partial charge on any atom is 0.410 e. The van der Waals surface area contributed by atoms with E-state index in [2.05, 4.69) is 5.32 Å². The van der Waals surface area contributed by atoms with E-state index in [0.717, 1.165) is 13.1 Å². The summed E-state index contributed by atoms with van der Waals surface area (Å²) in [6.07, 6.45) is -0.330. The summed E-state index contributed by atoms with van der Waals surface area (Å²) >= 11 is 0. The number of carbonyl (C=O) groups is 1. The molecular formula is C16H24N2O4. The number of nitrogens with zero attached hydrogens (tertiary/aromatic N) is 1. The van der Waals surface area contributed by atoms with Gasteiger partial charge in [0.05, 0.1) is 0 Å². The second-order valence-electron chi connectivity index (χ2n) is 6.34. The van der Waals surface area contributed by atoms with Gasteiger partial charge in [-0.3, -0.25) is 0 Å². The Morgan fingerprint density at radius 3 is 2.59 bits per heavy atom. The van der Waals surface area contributed by atoms with Crippen LogP contribution in [0.4, 0.5) is 4.79 Å².